The Bertz CT molecular complexity index is 794. The second kappa shape index (κ2) is 7.64. The van der Waals surface area contributed by atoms with E-state index < -0.39 is 6.10 Å². The molecule has 124 valence electrons. The molecule has 0 aliphatic rings. The molecule has 1 heterocycles. The van der Waals surface area contributed by atoms with Gasteiger partial charge in [-0.25, -0.2) is 4.98 Å². The number of aromatic nitrogens is 2. The Balaban J connectivity index is 1.52. The van der Waals surface area contributed by atoms with Crippen LogP contribution in [-0.2, 0) is 11.3 Å². The molecule has 0 spiro atoms. The normalized spacial score (nSPS) is 12.0. The first-order valence-electron chi connectivity index (χ1n) is 8.12. The summed E-state index contributed by atoms with van der Waals surface area (Å²) in [7, 11) is 0. The molecular formula is C19H21N3O2. The van der Waals surface area contributed by atoms with E-state index in [2.05, 4.69) is 10.3 Å². The van der Waals surface area contributed by atoms with Gasteiger partial charge in [0.15, 0.2) is 6.10 Å². The molecule has 0 unspecified atom stereocenters. The molecule has 0 saturated carbocycles. The molecule has 2 aromatic carbocycles. The van der Waals surface area contributed by atoms with Crippen LogP contribution in [-0.4, -0.2) is 28.1 Å². The van der Waals surface area contributed by atoms with Gasteiger partial charge in [0, 0.05) is 30.9 Å². The summed E-state index contributed by atoms with van der Waals surface area (Å²) in [6.45, 7) is 3.21. The summed E-state index contributed by atoms with van der Waals surface area (Å²) in [4.78, 5) is 16.2. The van der Waals surface area contributed by atoms with Crippen molar-refractivity contribution in [2.45, 2.75) is 26.0 Å². The van der Waals surface area contributed by atoms with Crippen LogP contribution < -0.4 is 10.1 Å². The first kappa shape index (κ1) is 16.1. The average molecular weight is 323 g/mol. The van der Waals surface area contributed by atoms with Crippen molar-refractivity contribution < 1.29 is 9.53 Å². The SMILES string of the molecule is C[C@@H](Oc1cccc2ccccc12)C(=O)NCCCn1ccnc1. The van der Waals surface area contributed by atoms with Gasteiger partial charge in [-0.1, -0.05) is 36.4 Å². The predicted molar refractivity (Wildman–Crippen MR) is 93.9 cm³/mol. The second-order valence-electron chi connectivity index (χ2n) is 5.68. The first-order valence-corrected chi connectivity index (χ1v) is 8.12. The third-order valence-corrected chi connectivity index (χ3v) is 3.87. The summed E-state index contributed by atoms with van der Waals surface area (Å²) < 4.78 is 7.85. The molecule has 0 fully saturated rings. The number of benzene rings is 2. The van der Waals surface area contributed by atoms with Gasteiger partial charge in [0.05, 0.1) is 6.33 Å². The topological polar surface area (TPSA) is 56.1 Å². The molecule has 0 saturated heterocycles. The summed E-state index contributed by atoms with van der Waals surface area (Å²) in [6.07, 6.45) is 5.74. The highest BCUT2D eigenvalue weighted by Gasteiger charge is 2.15. The number of rotatable bonds is 7. The van der Waals surface area contributed by atoms with Crippen molar-refractivity contribution in [3.8, 4) is 5.75 Å². The van der Waals surface area contributed by atoms with Crippen LogP contribution in [0.5, 0.6) is 5.75 Å². The molecule has 24 heavy (non-hydrogen) atoms. The predicted octanol–water partition coefficient (Wildman–Crippen LogP) is 3.01. The van der Waals surface area contributed by atoms with E-state index in [9.17, 15) is 4.79 Å². The van der Waals surface area contributed by atoms with Crippen molar-refractivity contribution in [2.24, 2.45) is 0 Å². The Morgan fingerprint density at radius 3 is 2.92 bits per heavy atom. The van der Waals surface area contributed by atoms with Crippen molar-refractivity contribution in [3.63, 3.8) is 0 Å². The highest BCUT2D eigenvalue weighted by molar-refractivity contribution is 5.89. The number of nitrogens with one attached hydrogen (secondary N) is 1. The van der Waals surface area contributed by atoms with Gasteiger partial charge < -0.3 is 14.6 Å². The van der Waals surface area contributed by atoms with Crippen LogP contribution in [0.2, 0.25) is 0 Å². The second-order valence-corrected chi connectivity index (χ2v) is 5.68. The number of aryl methyl sites for hydroxylation is 1. The number of carbonyl (C=O) groups excluding carboxylic acids is 1. The van der Waals surface area contributed by atoms with Crippen molar-refractivity contribution in [1.29, 1.82) is 0 Å². The van der Waals surface area contributed by atoms with Gasteiger partial charge in [-0.3, -0.25) is 4.79 Å². The number of carbonyl (C=O) groups is 1. The summed E-state index contributed by atoms with van der Waals surface area (Å²) >= 11 is 0. The average Bonchev–Trinajstić information content (AvgIpc) is 3.12. The monoisotopic (exact) mass is 323 g/mol. The lowest BCUT2D eigenvalue weighted by Crippen LogP contribution is -2.37. The van der Waals surface area contributed by atoms with Crippen molar-refractivity contribution in [3.05, 3.63) is 61.2 Å². The van der Waals surface area contributed by atoms with E-state index in [0.29, 0.717) is 6.54 Å². The zero-order valence-corrected chi connectivity index (χ0v) is 13.7. The Labute approximate surface area is 141 Å². The van der Waals surface area contributed by atoms with Crippen molar-refractivity contribution in [1.82, 2.24) is 14.9 Å². The van der Waals surface area contributed by atoms with Crippen molar-refractivity contribution in [2.75, 3.05) is 6.54 Å². The molecule has 1 N–H and O–H groups in total. The van der Waals surface area contributed by atoms with Crippen LogP contribution >= 0.6 is 0 Å². The van der Waals surface area contributed by atoms with Crippen LogP contribution in [0.4, 0.5) is 0 Å². The Kier molecular flexibility index (Phi) is 5.11. The number of ether oxygens (including phenoxy) is 1. The van der Waals surface area contributed by atoms with Gasteiger partial charge >= 0.3 is 0 Å². The summed E-state index contributed by atoms with van der Waals surface area (Å²) in [6, 6.07) is 13.9. The fourth-order valence-electron chi connectivity index (χ4n) is 2.58. The van der Waals surface area contributed by atoms with Crippen molar-refractivity contribution >= 4 is 16.7 Å². The highest BCUT2D eigenvalue weighted by Crippen LogP contribution is 2.25. The van der Waals surface area contributed by atoms with Gasteiger partial charge in [-0.05, 0) is 24.8 Å². The van der Waals surface area contributed by atoms with Crippen LogP contribution in [0.3, 0.4) is 0 Å². The van der Waals surface area contributed by atoms with Gasteiger partial charge in [-0.15, -0.1) is 0 Å². The Morgan fingerprint density at radius 2 is 2.08 bits per heavy atom. The maximum absolute atomic E-state index is 12.2. The number of nitrogens with zero attached hydrogens (tertiary/aromatic N) is 2. The lowest BCUT2D eigenvalue weighted by atomic mass is 10.1. The van der Waals surface area contributed by atoms with E-state index in [4.69, 9.17) is 4.74 Å². The zero-order valence-electron chi connectivity index (χ0n) is 13.7. The fraction of sp³-hybridized carbons (Fsp3) is 0.263. The van der Waals surface area contributed by atoms with E-state index in [0.717, 1.165) is 29.5 Å². The van der Waals surface area contributed by atoms with Crippen LogP contribution in [0.15, 0.2) is 61.2 Å². The molecule has 0 bridgehead atoms. The van der Waals surface area contributed by atoms with Gasteiger partial charge in [0.1, 0.15) is 5.75 Å². The maximum atomic E-state index is 12.2. The maximum Gasteiger partial charge on any atom is 0.260 e. The largest absolute Gasteiger partial charge is 0.480 e. The smallest absolute Gasteiger partial charge is 0.260 e. The number of hydrogen-bond acceptors (Lipinski definition) is 3. The van der Waals surface area contributed by atoms with Crippen LogP contribution in [0, 0.1) is 0 Å². The minimum Gasteiger partial charge on any atom is -0.480 e. The molecule has 0 aliphatic carbocycles. The minimum absolute atomic E-state index is 0.103. The molecule has 5 nitrogen and oxygen atoms in total. The summed E-state index contributed by atoms with van der Waals surface area (Å²) in [5, 5.41) is 5.03. The van der Waals surface area contributed by atoms with Crippen LogP contribution in [0.25, 0.3) is 10.8 Å². The van der Waals surface area contributed by atoms with Gasteiger partial charge in [0.25, 0.3) is 5.91 Å². The molecular weight excluding hydrogens is 302 g/mol. The number of fused-ring (bicyclic) bond motifs is 1. The number of hydrogen-bond donors (Lipinski definition) is 1. The third kappa shape index (κ3) is 3.93. The lowest BCUT2D eigenvalue weighted by molar-refractivity contribution is -0.127. The highest BCUT2D eigenvalue weighted by atomic mass is 16.5. The van der Waals surface area contributed by atoms with Gasteiger partial charge in [0.2, 0.25) is 0 Å². The van der Waals surface area contributed by atoms with E-state index in [1.54, 1.807) is 19.4 Å². The van der Waals surface area contributed by atoms with E-state index in [1.165, 1.54) is 0 Å². The number of amides is 1. The van der Waals surface area contributed by atoms with Gasteiger partial charge in [-0.2, -0.15) is 0 Å². The Morgan fingerprint density at radius 1 is 1.25 bits per heavy atom. The zero-order chi connectivity index (χ0) is 16.8. The molecule has 3 aromatic rings. The first-order chi connectivity index (χ1) is 11.7. The number of imidazole rings is 1. The fourth-order valence-corrected chi connectivity index (χ4v) is 2.58. The summed E-state index contributed by atoms with van der Waals surface area (Å²) in [5.74, 6) is 0.628. The molecule has 5 heteroatoms. The van der Waals surface area contributed by atoms with E-state index in [-0.39, 0.29) is 5.91 Å². The standard InChI is InChI=1S/C19H21N3O2/c1-15(19(23)21-10-5-12-22-13-11-20-14-22)24-18-9-4-7-16-6-2-3-8-17(16)18/h2-4,6-9,11,13-15H,5,10,12H2,1H3,(H,21,23)/t15-/m1/s1. The summed E-state index contributed by atoms with van der Waals surface area (Å²) in [5.41, 5.74) is 0. The van der Waals surface area contributed by atoms with E-state index in [1.807, 2.05) is 53.2 Å². The molecule has 1 atom stereocenters. The minimum atomic E-state index is -0.538. The van der Waals surface area contributed by atoms with Crippen LogP contribution in [0.1, 0.15) is 13.3 Å². The molecule has 0 aliphatic heterocycles. The lowest BCUT2D eigenvalue weighted by Gasteiger charge is -2.16. The van der Waals surface area contributed by atoms with E-state index >= 15 is 0 Å². The quantitative estimate of drug-likeness (QED) is 0.680. The Hall–Kier alpha value is -2.82. The third-order valence-electron chi connectivity index (χ3n) is 3.87. The molecule has 0 radical (unpaired) electrons. The molecule has 1 amide bonds. The molecule has 1 aromatic heterocycles. The molecule has 3 rings (SSSR count).